The minimum absolute atomic E-state index is 0.0951. The fourth-order valence-electron chi connectivity index (χ4n) is 4.56. The van der Waals surface area contributed by atoms with Gasteiger partial charge in [-0.1, -0.05) is 36.5 Å². The Hall–Kier alpha value is -1.57. The molecule has 29 heavy (non-hydrogen) atoms. The van der Waals surface area contributed by atoms with E-state index in [2.05, 4.69) is 43.9 Å². The lowest BCUT2D eigenvalue weighted by molar-refractivity contribution is 0.177. The zero-order chi connectivity index (χ0) is 20.8. The monoisotopic (exact) mass is 430 g/mol. The summed E-state index contributed by atoms with van der Waals surface area (Å²) in [5, 5.41) is 0. The topological polar surface area (TPSA) is 61.0 Å². The standard InChI is InChI=1S/C22H30N4OS2/c1-15-20(28)23-14-18(24-15)26-11-9-22(10-12-26)13-16-7-5-6-8-17(16)19(22)25-29(27)21(2,3)4/h5-8,14,19,25H,9-13H2,1-4H3,(H,23,28)/t19-,29?/m1/s1. The molecule has 0 bridgehead atoms. The normalized spacial score (nSPS) is 21.9. The quantitative estimate of drug-likeness (QED) is 0.709. The Morgan fingerprint density at radius 1 is 1.28 bits per heavy atom. The minimum Gasteiger partial charge on any atom is -0.355 e. The van der Waals surface area contributed by atoms with Gasteiger partial charge in [0.05, 0.1) is 27.5 Å². The predicted octanol–water partition coefficient (Wildman–Crippen LogP) is 4.38. The summed E-state index contributed by atoms with van der Waals surface area (Å²) >= 11 is 5.25. The molecule has 1 aliphatic carbocycles. The van der Waals surface area contributed by atoms with Crippen LogP contribution in [-0.4, -0.2) is 32.0 Å². The number of aromatic nitrogens is 2. The van der Waals surface area contributed by atoms with Crippen molar-refractivity contribution in [1.29, 1.82) is 0 Å². The number of nitrogens with zero attached hydrogens (tertiary/aromatic N) is 2. The van der Waals surface area contributed by atoms with Gasteiger partial charge in [-0.3, -0.25) is 0 Å². The summed E-state index contributed by atoms with van der Waals surface area (Å²) in [5.74, 6) is 0.962. The van der Waals surface area contributed by atoms with E-state index in [-0.39, 0.29) is 16.2 Å². The highest BCUT2D eigenvalue weighted by atomic mass is 32.2. The van der Waals surface area contributed by atoms with Crippen molar-refractivity contribution >= 4 is 29.0 Å². The number of H-pyrrole nitrogens is 1. The fraction of sp³-hybridized carbons (Fsp3) is 0.545. The van der Waals surface area contributed by atoms with Crippen LogP contribution >= 0.6 is 12.2 Å². The number of benzene rings is 1. The molecule has 156 valence electrons. The molecule has 2 heterocycles. The largest absolute Gasteiger partial charge is 0.355 e. The van der Waals surface area contributed by atoms with Crippen molar-refractivity contribution in [2.45, 2.75) is 57.7 Å². The summed E-state index contributed by atoms with van der Waals surface area (Å²) in [6.45, 7) is 9.90. The second kappa shape index (κ2) is 7.60. The first kappa shape index (κ1) is 20.7. The lowest BCUT2D eigenvalue weighted by Gasteiger charge is -2.44. The predicted molar refractivity (Wildman–Crippen MR) is 122 cm³/mol. The number of piperidine rings is 1. The molecular weight excluding hydrogens is 400 g/mol. The third-order valence-corrected chi connectivity index (χ3v) is 8.30. The molecule has 2 aromatic rings. The van der Waals surface area contributed by atoms with Crippen molar-refractivity contribution in [2.24, 2.45) is 5.41 Å². The third kappa shape index (κ3) is 3.92. The van der Waals surface area contributed by atoms with Crippen molar-refractivity contribution in [3.63, 3.8) is 0 Å². The zero-order valence-electron chi connectivity index (χ0n) is 17.6. The maximum atomic E-state index is 13.0. The molecule has 5 nitrogen and oxygen atoms in total. The van der Waals surface area contributed by atoms with E-state index in [0.717, 1.165) is 43.9 Å². The summed E-state index contributed by atoms with van der Waals surface area (Å²) in [6.07, 6.45) is 5.04. The van der Waals surface area contributed by atoms with Crippen molar-refractivity contribution in [1.82, 2.24) is 14.7 Å². The first-order valence-electron chi connectivity index (χ1n) is 10.3. The highest BCUT2D eigenvalue weighted by Crippen LogP contribution is 2.52. The molecule has 0 radical (unpaired) electrons. The maximum absolute atomic E-state index is 13.0. The molecule has 1 fully saturated rings. The Morgan fingerprint density at radius 3 is 2.62 bits per heavy atom. The van der Waals surface area contributed by atoms with E-state index in [0.29, 0.717) is 4.64 Å². The molecule has 1 unspecified atom stereocenters. The van der Waals surface area contributed by atoms with Gasteiger partial charge in [0.1, 0.15) is 10.5 Å². The van der Waals surface area contributed by atoms with Gasteiger partial charge in [-0.05, 0) is 63.5 Å². The molecule has 7 heteroatoms. The highest BCUT2D eigenvalue weighted by molar-refractivity contribution is 7.84. The summed E-state index contributed by atoms with van der Waals surface area (Å²) < 4.78 is 16.9. The first-order valence-corrected chi connectivity index (χ1v) is 11.8. The Labute approximate surface area is 180 Å². The summed E-state index contributed by atoms with van der Waals surface area (Å²) in [4.78, 5) is 10.2. The molecule has 2 N–H and O–H groups in total. The average molecular weight is 431 g/mol. The Morgan fingerprint density at radius 2 is 1.97 bits per heavy atom. The van der Waals surface area contributed by atoms with Crippen molar-refractivity contribution in [3.8, 4) is 0 Å². The van der Waals surface area contributed by atoms with Crippen molar-refractivity contribution in [3.05, 3.63) is 51.9 Å². The molecule has 1 aromatic heterocycles. The van der Waals surface area contributed by atoms with Crippen LogP contribution in [0.15, 0.2) is 30.5 Å². The molecule has 4 rings (SSSR count). The van der Waals surface area contributed by atoms with E-state index in [1.54, 1.807) is 0 Å². The van der Waals surface area contributed by atoms with Gasteiger partial charge in [-0.25, -0.2) is 13.9 Å². The molecule has 0 amide bonds. The van der Waals surface area contributed by atoms with Crippen LogP contribution < -0.4 is 9.62 Å². The summed E-state index contributed by atoms with van der Waals surface area (Å²) in [7, 11) is -1.11. The summed E-state index contributed by atoms with van der Waals surface area (Å²) in [6, 6.07) is 8.77. The molecule has 0 saturated carbocycles. The second-order valence-electron chi connectivity index (χ2n) is 9.33. The van der Waals surface area contributed by atoms with E-state index in [1.807, 2.05) is 33.9 Å². The number of anilines is 1. The number of nitrogens with one attached hydrogen (secondary N) is 2. The van der Waals surface area contributed by atoms with Crippen LogP contribution in [-0.2, 0) is 17.4 Å². The molecule has 1 aliphatic heterocycles. The summed E-state index contributed by atoms with van der Waals surface area (Å²) in [5.41, 5.74) is 3.67. The molecule has 2 atom stereocenters. The molecular formula is C22H30N4OS2. The lowest BCUT2D eigenvalue weighted by atomic mass is 9.73. The van der Waals surface area contributed by atoms with Crippen LogP contribution in [0.5, 0.6) is 0 Å². The number of aromatic amines is 1. The van der Waals surface area contributed by atoms with Gasteiger partial charge in [0.15, 0.2) is 0 Å². The number of hydrogen-bond acceptors (Lipinski definition) is 4. The van der Waals surface area contributed by atoms with Crippen LogP contribution in [0.1, 0.15) is 56.5 Å². The second-order valence-corrected chi connectivity index (χ2v) is 11.7. The third-order valence-electron chi connectivity index (χ3n) is 6.33. The number of rotatable bonds is 3. The maximum Gasteiger partial charge on any atom is 0.145 e. The zero-order valence-corrected chi connectivity index (χ0v) is 19.3. The highest BCUT2D eigenvalue weighted by Gasteiger charge is 2.48. The molecule has 2 aliphatic rings. The van der Waals surface area contributed by atoms with Crippen molar-refractivity contribution < 1.29 is 4.21 Å². The van der Waals surface area contributed by atoms with Crippen LogP contribution in [0, 0.1) is 17.0 Å². The number of hydrogen-bond donors (Lipinski definition) is 2. The van der Waals surface area contributed by atoms with E-state index in [9.17, 15) is 4.21 Å². The van der Waals surface area contributed by atoms with Gasteiger partial charge < -0.3 is 9.88 Å². The van der Waals surface area contributed by atoms with Crippen LogP contribution in [0.4, 0.5) is 5.82 Å². The van der Waals surface area contributed by atoms with E-state index in [1.165, 1.54) is 11.1 Å². The smallest absolute Gasteiger partial charge is 0.145 e. The van der Waals surface area contributed by atoms with Crippen LogP contribution in [0.25, 0.3) is 0 Å². The number of fused-ring (bicyclic) bond motifs is 1. The van der Waals surface area contributed by atoms with Gasteiger partial charge >= 0.3 is 0 Å². The van der Waals surface area contributed by atoms with Gasteiger partial charge in [0.25, 0.3) is 0 Å². The van der Waals surface area contributed by atoms with Gasteiger partial charge in [0.2, 0.25) is 0 Å². The van der Waals surface area contributed by atoms with Crippen molar-refractivity contribution in [2.75, 3.05) is 18.0 Å². The number of aryl methyl sites for hydroxylation is 1. The molecule has 1 aromatic carbocycles. The minimum atomic E-state index is -1.11. The average Bonchev–Trinajstić information content (AvgIpc) is 2.97. The SMILES string of the molecule is Cc1nc(N2CCC3(CC2)Cc2ccccc2[C@H]3NS(=O)C(C)(C)C)c[nH]c1=S. The first-order chi connectivity index (χ1) is 13.7. The molecule has 1 spiro atoms. The van der Waals surface area contributed by atoms with Gasteiger partial charge in [0, 0.05) is 19.3 Å². The fourth-order valence-corrected chi connectivity index (χ4v) is 5.61. The Balaban J connectivity index is 1.58. The van der Waals surface area contributed by atoms with E-state index >= 15 is 0 Å². The molecule has 1 saturated heterocycles. The van der Waals surface area contributed by atoms with E-state index < -0.39 is 11.0 Å². The Kier molecular flexibility index (Phi) is 5.42. The van der Waals surface area contributed by atoms with Crippen LogP contribution in [0.3, 0.4) is 0 Å². The van der Waals surface area contributed by atoms with Crippen LogP contribution in [0.2, 0.25) is 0 Å². The Bertz CT molecular complexity index is 987. The van der Waals surface area contributed by atoms with Gasteiger partial charge in [-0.15, -0.1) is 0 Å². The lowest BCUT2D eigenvalue weighted by Crippen LogP contribution is -2.48. The van der Waals surface area contributed by atoms with Gasteiger partial charge in [-0.2, -0.15) is 0 Å². The van der Waals surface area contributed by atoms with E-state index in [4.69, 9.17) is 12.2 Å².